The largest absolute Gasteiger partial charge is 0.397 e. The van der Waals surface area contributed by atoms with Crippen LogP contribution in [0.25, 0.3) is 0 Å². The number of benzene rings is 1. The maximum atomic E-state index is 6.07. The number of halogens is 1. The Hall–Kier alpha value is -0.700. The lowest BCUT2D eigenvalue weighted by Crippen LogP contribution is -2.40. The summed E-state index contributed by atoms with van der Waals surface area (Å²) in [6.07, 6.45) is 2.56. The molecule has 1 aliphatic heterocycles. The first-order chi connectivity index (χ1) is 7.48. The van der Waals surface area contributed by atoms with Gasteiger partial charge in [0.2, 0.25) is 0 Å². The van der Waals surface area contributed by atoms with Crippen molar-refractivity contribution in [1.29, 1.82) is 0 Å². The number of piperidine rings is 1. The molecule has 1 heterocycles. The molecule has 0 amide bonds. The molecule has 0 radical (unpaired) electrons. The van der Waals surface area contributed by atoms with Gasteiger partial charge in [-0.2, -0.15) is 0 Å². The maximum absolute atomic E-state index is 6.07. The fourth-order valence-corrected chi connectivity index (χ4v) is 2.82. The van der Waals surface area contributed by atoms with Crippen LogP contribution in [0, 0.1) is 5.41 Å². The summed E-state index contributed by atoms with van der Waals surface area (Å²) >= 11 is 3.44. The van der Waals surface area contributed by atoms with Gasteiger partial charge in [0, 0.05) is 17.6 Å². The molecule has 0 saturated carbocycles. The summed E-state index contributed by atoms with van der Waals surface area (Å²) in [5.74, 6) is 0. The minimum Gasteiger partial charge on any atom is -0.397 e. The van der Waals surface area contributed by atoms with E-state index in [0.717, 1.165) is 23.2 Å². The molecule has 0 spiro atoms. The molecule has 88 valence electrons. The Bertz CT molecular complexity index is 388. The molecule has 1 aromatic carbocycles. The number of hydrogen-bond donors (Lipinski definition) is 1. The molecule has 0 unspecified atom stereocenters. The van der Waals surface area contributed by atoms with Crippen molar-refractivity contribution in [1.82, 2.24) is 0 Å². The Labute approximate surface area is 106 Å². The van der Waals surface area contributed by atoms with E-state index in [-0.39, 0.29) is 0 Å². The Kier molecular flexibility index (Phi) is 3.15. The third-order valence-electron chi connectivity index (χ3n) is 3.23. The van der Waals surface area contributed by atoms with Crippen LogP contribution in [0.5, 0.6) is 0 Å². The SMILES string of the molecule is CC1(C)CCCN(c2ccc(Br)cc2N)C1. The van der Waals surface area contributed by atoms with Gasteiger partial charge in [-0.25, -0.2) is 0 Å². The van der Waals surface area contributed by atoms with Crippen LogP contribution in [0.2, 0.25) is 0 Å². The van der Waals surface area contributed by atoms with Gasteiger partial charge in [0.15, 0.2) is 0 Å². The first kappa shape index (κ1) is 11.8. The van der Waals surface area contributed by atoms with Crippen LogP contribution in [-0.4, -0.2) is 13.1 Å². The van der Waals surface area contributed by atoms with E-state index < -0.39 is 0 Å². The van der Waals surface area contributed by atoms with Crippen molar-refractivity contribution < 1.29 is 0 Å². The van der Waals surface area contributed by atoms with Gasteiger partial charge in [0.1, 0.15) is 0 Å². The predicted molar refractivity (Wildman–Crippen MR) is 73.8 cm³/mol. The van der Waals surface area contributed by atoms with Crippen LogP contribution < -0.4 is 10.6 Å². The van der Waals surface area contributed by atoms with Gasteiger partial charge in [-0.1, -0.05) is 29.8 Å². The summed E-state index contributed by atoms with van der Waals surface area (Å²) < 4.78 is 1.05. The Morgan fingerprint density at radius 3 is 2.75 bits per heavy atom. The van der Waals surface area contributed by atoms with E-state index in [2.05, 4.69) is 46.8 Å². The first-order valence-electron chi connectivity index (χ1n) is 5.78. The summed E-state index contributed by atoms with van der Waals surface area (Å²) in [6, 6.07) is 6.16. The number of nitrogens with two attached hydrogens (primary N) is 1. The van der Waals surface area contributed by atoms with Crippen molar-refractivity contribution in [3.05, 3.63) is 22.7 Å². The Morgan fingerprint density at radius 2 is 2.12 bits per heavy atom. The maximum Gasteiger partial charge on any atom is 0.0600 e. The van der Waals surface area contributed by atoms with Gasteiger partial charge in [-0.3, -0.25) is 0 Å². The van der Waals surface area contributed by atoms with Crippen molar-refractivity contribution in [2.24, 2.45) is 5.41 Å². The Morgan fingerprint density at radius 1 is 1.38 bits per heavy atom. The van der Waals surface area contributed by atoms with Gasteiger partial charge in [0.25, 0.3) is 0 Å². The van der Waals surface area contributed by atoms with Crippen molar-refractivity contribution in [2.45, 2.75) is 26.7 Å². The zero-order valence-electron chi connectivity index (χ0n) is 9.96. The normalized spacial score (nSPS) is 19.8. The number of anilines is 2. The standard InChI is InChI=1S/C13H19BrN2/c1-13(2)6-3-7-16(9-13)12-5-4-10(14)8-11(12)15/h4-5,8H,3,6-7,9,15H2,1-2H3. The average molecular weight is 283 g/mol. The second-order valence-corrected chi connectivity index (χ2v) is 6.31. The smallest absolute Gasteiger partial charge is 0.0600 e. The lowest BCUT2D eigenvalue weighted by Gasteiger charge is -2.39. The molecule has 2 N–H and O–H groups in total. The molecule has 3 heteroatoms. The minimum atomic E-state index is 0.401. The van der Waals surface area contributed by atoms with Gasteiger partial charge < -0.3 is 10.6 Å². The highest BCUT2D eigenvalue weighted by Gasteiger charge is 2.27. The van der Waals surface area contributed by atoms with Crippen LogP contribution in [0.3, 0.4) is 0 Å². The van der Waals surface area contributed by atoms with Gasteiger partial charge >= 0.3 is 0 Å². The molecule has 2 rings (SSSR count). The number of nitrogens with zero attached hydrogens (tertiary/aromatic N) is 1. The van der Waals surface area contributed by atoms with Crippen molar-refractivity contribution in [2.75, 3.05) is 23.7 Å². The third-order valence-corrected chi connectivity index (χ3v) is 3.72. The molecule has 0 aromatic heterocycles. The molecule has 2 nitrogen and oxygen atoms in total. The van der Waals surface area contributed by atoms with Crippen molar-refractivity contribution in [3.63, 3.8) is 0 Å². The predicted octanol–water partition coefficient (Wildman–Crippen LogP) is 3.66. The number of rotatable bonds is 1. The highest BCUT2D eigenvalue weighted by molar-refractivity contribution is 9.10. The zero-order chi connectivity index (χ0) is 11.8. The second-order valence-electron chi connectivity index (χ2n) is 5.39. The quantitative estimate of drug-likeness (QED) is 0.797. The average Bonchev–Trinajstić information content (AvgIpc) is 2.15. The molecule has 1 aromatic rings. The van der Waals surface area contributed by atoms with Crippen LogP contribution >= 0.6 is 15.9 Å². The van der Waals surface area contributed by atoms with Gasteiger partial charge in [-0.15, -0.1) is 0 Å². The first-order valence-corrected chi connectivity index (χ1v) is 6.57. The molecule has 16 heavy (non-hydrogen) atoms. The van der Waals surface area contributed by atoms with Crippen LogP contribution in [0.4, 0.5) is 11.4 Å². The Balaban J connectivity index is 2.23. The molecular formula is C13H19BrN2. The third kappa shape index (κ3) is 2.51. The van der Waals surface area contributed by atoms with Crippen molar-refractivity contribution >= 4 is 27.3 Å². The van der Waals surface area contributed by atoms with Gasteiger partial charge in [-0.05, 0) is 36.5 Å². The van der Waals surface area contributed by atoms with E-state index in [9.17, 15) is 0 Å². The molecule has 0 atom stereocenters. The van der Waals surface area contributed by atoms with Crippen LogP contribution in [0.15, 0.2) is 22.7 Å². The molecule has 0 aliphatic carbocycles. The lowest BCUT2D eigenvalue weighted by molar-refractivity contribution is 0.293. The molecule has 1 fully saturated rings. The highest BCUT2D eigenvalue weighted by atomic mass is 79.9. The summed E-state index contributed by atoms with van der Waals surface area (Å²) in [7, 11) is 0. The number of hydrogen-bond acceptors (Lipinski definition) is 2. The fourth-order valence-electron chi connectivity index (χ4n) is 2.44. The summed E-state index contributed by atoms with van der Waals surface area (Å²) in [5.41, 5.74) is 8.51. The van der Waals surface area contributed by atoms with Crippen molar-refractivity contribution in [3.8, 4) is 0 Å². The van der Waals surface area contributed by atoms with E-state index in [0.29, 0.717) is 5.41 Å². The van der Waals surface area contributed by atoms with Crippen LogP contribution in [-0.2, 0) is 0 Å². The van der Waals surface area contributed by atoms with E-state index >= 15 is 0 Å². The minimum absolute atomic E-state index is 0.401. The van der Waals surface area contributed by atoms with Gasteiger partial charge in [0.05, 0.1) is 11.4 Å². The molecule has 0 bridgehead atoms. The number of nitrogen functional groups attached to an aromatic ring is 1. The lowest BCUT2D eigenvalue weighted by atomic mass is 9.84. The summed E-state index contributed by atoms with van der Waals surface area (Å²) in [6.45, 7) is 6.87. The summed E-state index contributed by atoms with van der Waals surface area (Å²) in [5, 5.41) is 0. The highest BCUT2D eigenvalue weighted by Crippen LogP contribution is 2.34. The van der Waals surface area contributed by atoms with E-state index in [1.54, 1.807) is 0 Å². The second kappa shape index (κ2) is 4.28. The van der Waals surface area contributed by atoms with E-state index in [1.807, 2.05) is 6.07 Å². The van der Waals surface area contributed by atoms with Crippen LogP contribution in [0.1, 0.15) is 26.7 Å². The molecule has 1 saturated heterocycles. The fraction of sp³-hybridized carbons (Fsp3) is 0.538. The molecule has 1 aliphatic rings. The summed E-state index contributed by atoms with van der Waals surface area (Å²) in [4.78, 5) is 2.41. The topological polar surface area (TPSA) is 29.3 Å². The van der Waals surface area contributed by atoms with E-state index in [4.69, 9.17) is 5.73 Å². The van der Waals surface area contributed by atoms with E-state index in [1.165, 1.54) is 18.5 Å². The monoisotopic (exact) mass is 282 g/mol. The zero-order valence-corrected chi connectivity index (χ0v) is 11.5. The molecular weight excluding hydrogens is 264 g/mol.